The molecular weight excluding hydrogens is 537 g/mol. The maximum Gasteiger partial charge on any atom is 0.323 e. The van der Waals surface area contributed by atoms with Crippen molar-refractivity contribution in [1.29, 1.82) is 0 Å². The Morgan fingerprint density at radius 3 is 2.36 bits per heavy atom. The van der Waals surface area contributed by atoms with Crippen molar-refractivity contribution in [3.63, 3.8) is 0 Å². The van der Waals surface area contributed by atoms with E-state index in [4.69, 9.17) is 9.26 Å². The number of benzene rings is 3. The van der Waals surface area contributed by atoms with E-state index in [1.807, 2.05) is 54.6 Å². The molecule has 0 saturated carbocycles. The van der Waals surface area contributed by atoms with Crippen molar-refractivity contribution in [3.05, 3.63) is 84.2 Å². The molecule has 9 heteroatoms. The van der Waals surface area contributed by atoms with Gasteiger partial charge in [0.25, 0.3) is 5.89 Å². The molecule has 1 N–H and O–H groups in total. The molecule has 0 unspecified atom stereocenters. The summed E-state index contributed by atoms with van der Waals surface area (Å²) in [5.41, 5.74) is 2.09. The first-order chi connectivity index (χ1) is 20.4. The third-order valence-corrected chi connectivity index (χ3v) is 7.84. The zero-order chi connectivity index (χ0) is 29.5. The Hall–Kier alpha value is -4.37. The van der Waals surface area contributed by atoms with Crippen LogP contribution in [0.15, 0.2) is 77.3 Å². The summed E-state index contributed by atoms with van der Waals surface area (Å²) in [6.45, 7) is 3.89. The van der Waals surface area contributed by atoms with Crippen molar-refractivity contribution in [2.24, 2.45) is 5.41 Å². The Labute approximate surface area is 244 Å². The molecule has 1 aliphatic rings. The molecule has 5 rings (SSSR count). The van der Waals surface area contributed by atoms with E-state index in [0.29, 0.717) is 36.6 Å². The molecule has 0 radical (unpaired) electrons. The van der Waals surface area contributed by atoms with E-state index in [-0.39, 0.29) is 31.2 Å². The van der Waals surface area contributed by atoms with Crippen LogP contribution in [-0.4, -0.2) is 51.8 Å². The fourth-order valence-electron chi connectivity index (χ4n) is 5.23. The molecule has 1 aliphatic heterocycles. The number of carboxylic acid groups (broad SMARTS) is 1. The number of hydrogen-bond donors (Lipinski definition) is 1. The average Bonchev–Trinajstić information content (AvgIpc) is 3.51. The molecule has 0 bridgehead atoms. The largest absolute Gasteiger partial charge is 0.480 e. The molecule has 42 heavy (non-hydrogen) atoms. The van der Waals surface area contributed by atoms with E-state index in [1.165, 1.54) is 6.07 Å². The van der Waals surface area contributed by atoms with Crippen LogP contribution in [-0.2, 0) is 20.9 Å². The minimum Gasteiger partial charge on any atom is -0.480 e. The van der Waals surface area contributed by atoms with Crippen LogP contribution in [0.5, 0.6) is 0 Å². The second kappa shape index (κ2) is 13.1. The highest BCUT2D eigenvalue weighted by Gasteiger charge is 2.49. The molecule has 3 aromatic carbocycles. The monoisotopic (exact) mass is 571 g/mol. The van der Waals surface area contributed by atoms with E-state index in [9.17, 15) is 19.1 Å². The van der Waals surface area contributed by atoms with Gasteiger partial charge in [-0.25, -0.2) is 4.39 Å². The van der Waals surface area contributed by atoms with Crippen LogP contribution in [0.3, 0.4) is 0 Å². The molecule has 2 heterocycles. The van der Waals surface area contributed by atoms with E-state index in [0.717, 1.165) is 36.0 Å². The molecular formula is C33H34FN3O5. The number of carboxylic acids is 1. The van der Waals surface area contributed by atoms with Crippen molar-refractivity contribution >= 4 is 11.9 Å². The highest BCUT2D eigenvalue weighted by Crippen LogP contribution is 2.34. The van der Waals surface area contributed by atoms with Crippen LogP contribution < -0.4 is 0 Å². The van der Waals surface area contributed by atoms with Gasteiger partial charge in [0, 0.05) is 36.3 Å². The minimum atomic E-state index is -1.48. The first-order valence-corrected chi connectivity index (χ1v) is 14.3. The Morgan fingerprint density at radius 2 is 1.69 bits per heavy atom. The predicted octanol–water partition coefficient (Wildman–Crippen LogP) is 6.61. The molecule has 1 fully saturated rings. The summed E-state index contributed by atoms with van der Waals surface area (Å²) in [7, 11) is 0. The highest BCUT2D eigenvalue weighted by atomic mass is 19.1. The lowest BCUT2D eigenvalue weighted by Crippen LogP contribution is -2.49. The molecule has 1 aromatic heterocycles. The third-order valence-electron chi connectivity index (χ3n) is 7.84. The van der Waals surface area contributed by atoms with E-state index < -0.39 is 17.4 Å². The summed E-state index contributed by atoms with van der Waals surface area (Å²) in [5.74, 6) is -1.48. The Morgan fingerprint density at radius 1 is 0.976 bits per heavy atom. The summed E-state index contributed by atoms with van der Waals surface area (Å²) in [6, 6.07) is 21.9. The second-order valence-electron chi connectivity index (χ2n) is 10.7. The number of aliphatic carboxylic acids is 1. The summed E-state index contributed by atoms with van der Waals surface area (Å²) in [5, 5.41) is 13.9. The summed E-state index contributed by atoms with van der Waals surface area (Å²) < 4.78 is 25.6. The van der Waals surface area contributed by atoms with Crippen LogP contribution in [0.1, 0.15) is 44.6 Å². The van der Waals surface area contributed by atoms with Crippen LogP contribution >= 0.6 is 0 Å². The number of carbonyl (C=O) groups is 2. The molecule has 218 valence electrons. The lowest BCUT2D eigenvalue weighted by Gasteiger charge is -2.37. The quantitative estimate of drug-likeness (QED) is 0.122. The predicted molar refractivity (Wildman–Crippen MR) is 156 cm³/mol. The Balaban J connectivity index is 1.19. The lowest BCUT2D eigenvalue weighted by atomic mass is 9.78. The lowest BCUT2D eigenvalue weighted by molar-refractivity contribution is -0.172. The fraction of sp³-hybridized carbons (Fsp3) is 0.333. The molecule has 8 nitrogen and oxygen atoms in total. The summed E-state index contributed by atoms with van der Waals surface area (Å²) in [4.78, 5) is 31.4. The zero-order valence-electron chi connectivity index (χ0n) is 23.6. The van der Waals surface area contributed by atoms with Crippen molar-refractivity contribution in [2.75, 3.05) is 19.7 Å². The van der Waals surface area contributed by atoms with Gasteiger partial charge in [-0.05, 0) is 42.5 Å². The first-order valence-electron chi connectivity index (χ1n) is 14.3. The standard InChI is InChI=1S/C33H34FN3O5/c1-2-3-7-20-41-32(40)33(31(38)39)16-18-37(19-17-33)22-23-10-12-25(13-11-23)29-35-30(42-36-29)26-14-15-27(28(34)21-26)24-8-5-4-6-9-24/h4-6,8-15,21H,2-3,7,16-20,22H2,1H3,(H,38,39). The van der Waals surface area contributed by atoms with Crippen LogP contribution in [0, 0.1) is 11.2 Å². The number of hydrogen-bond acceptors (Lipinski definition) is 7. The van der Waals surface area contributed by atoms with E-state index >= 15 is 0 Å². The van der Waals surface area contributed by atoms with Gasteiger partial charge in [0.2, 0.25) is 5.82 Å². The molecule has 0 spiro atoms. The molecule has 0 aliphatic carbocycles. The van der Waals surface area contributed by atoms with Gasteiger partial charge < -0.3 is 14.4 Å². The van der Waals surface area contributed by atoms with Gasteiger partial charge in [0.1, 0.15) is 5.82 Å². The van der Waals surface area contributed by atoms with Crippen molar-refractivity contribution in [1.82, 2.24) is 15.0 Å². The maximum absolute atomic E-state index is 14.8. The van der Waals surface area contributed by atoms with Crippen molar-refractivity contribution < 1.29 is 28.3 Å². The first kappa shape index (κ1) is 29.1. The number of piperidine rings is 1. The van der Waals surface area contributed by atoms with Gasteiger partial charge in [-0.2, -0.15) is 4.98 Å². The van der Waals surface area contributed by atoms with E-state index in [2.05, 4.69) is 22.0 Å². The van der Waals surface area contributed by atoms with Crippen LogP contribution in [0.25, 0.3) is 34.0 Å². The van der Waals surface area contributed by atoms with Crippen LogP contribution in [0.4, 0.5) is 4.39 Å². The minimum absolute atomic E-state index is 0.214. The molecule has 0 amide bonds. The van der Waals surface area contributed by atoms with Crippen molar-refractivity contribution in [3.8, 4) is 34.0 Å². The van der Waals surface area contributed by atoms with Gasteiger partial charge >= 0.3 is 11.9 Å². The number of halogens is 1. The van der Waals surface area contributed by atoms with Gasteiger partial charge in [0.05, 0.1) is 6.61 Å². The van der Waals surface area contributed by atoms with E-state index in [1.54, 1.807) is 12.1 Å². The van der Waals surface area contributed by atoms with Gasteiger partial charge in [0.15, 0.2) is 5.41 Å². The van der Waals surface area contributed by atoms with Gasteiger partial charge in [-0.1, -0.05) is 85.6 Å². The summed E-state index contributed by atoms with van der Waals surface area (Å²) in [6.07, 6.45) is 3.11. The number of carbonyl (C=O) groups excluding carboxylic acids is 1. The smallest absolute Gasteiger partial charge is 0.323 e. The number of unbranched alkanes of at least 4 members (excludes halogenated alkanes) is 2. The van der Waals surface area contributed by atoms with Crippen molar-refractivity contribution in [2.45, 2.75) is 45.6 Å². The van der Waals surface area contributed by atoms with Gasteiger partial charge in [-0.15, -0.1) is 0 Å². The number of ether oxygens (including phenoxy) is 1. The fourth-order valence-corrected chi connectivity index (χ4v) is 5.23. The number of esters is 1. The maximum atomic E-state index is 14.8. The average molecular weight is 572 g/mol. The number of aromatic nitrogens is 2. The number of likely N-dealkylation sites (tertiary alicyclic amines) is 1. The number of nitrogens with zero attached hydrogens (tertiary/aromatic N) is 3. The second-order valence-corrected chi connectivity index (χ2v) is 10.7. The normalized spacial score (nSPS) is 14.9. The Kier molecular flexibility index (Phi) is 9.07. The topological polar surface area (TPSA) is 106 Å². The SMILES string of the molecule is CCCCCOC(=O)C1(C(=O)O)CCN(Cc2ccc(-c3noc(-c4ccc(-c5ccccc5)c(F)c4)n3)cc2)CC1. The molecule has 1 saturated heterocycles. The summed E-state index contributed by atoms with van der Waals surface area (Å²) >= 11 is 0. The Bertz CT molecular complexity index is 1510. The third kappa shape index (κ3) is 6.41. The van der Waals surface area contributed by atoms with Crippen LogP contribution in [0.2, 0.25) is 0 Å². The molecule has 4 aromatic rings. The highest BCUT2D eigenvalue weighted by molar-refractivity contribution is 5.99. The number of rotatable bonds is 11. The van der Waals surface area contributed by atoms with Gasteiger partial charge in [-0.3, -0.25) is 14.5 Å². The molecule has 0 atom stereocenters. The zero-order valence-corrected chi connectivity index (χ0v) is 23.6.